The van der Waals surface area contributed by atoms with Crippen molar-refractivity contribution in [3.05, 3.63) is 17.5 Å². The monoisotopic (exact) mass is 277 g/mol. The summed E-state index contributed by atoms with van der Waals surface area (Å²) in [5.41, 5.74) is 1.39. The molecule has 1 N–H and O–H groups in total. The van der Waals surface area contributed by atoms with Crippen molar-refractivity contribution in [3.63, 3.8) is 0 Å². The first kappa shape index (κ1) is 14.8. The van der Waals surface area contributed by atoms with Crippen LogP contribution in [0.15, 0.2) is 6.07 Å². The molecule has 0 atom stereocenters. The Morgan fingerprint density at radius 1 is 1.35 bits per heavy atom. The third-order valence-corrected chi connectivity index (χ3v) is 4.12. The number of aryl methyl sites for hydroxylation is 1. The van der Waals surface area contributed by atoms with Crippen LogP contribution in [0.2, 0.25) is 0 Å². The van der Waals surface area contributed by atoms with Gasteiger partial charge in [-0.05, 0) is 38.7 Å². The van der Waals surface area contributed by atoms with E-state index in [1.807, 2.05) is 19.9 Å². The smallest absolute Gasteiger partial charge is 0.309 e. The number of aliphatic carboxylic acids is 1. The van der Waals surface area contributed by atoms with Crippen LogP contribution in [0.4, 0.5) is 5.95 Å². The van der Waals surface area contributed by atoms with Crippen LogP contribution in [0.3, 0.4) is 0 Å². The highest BCUT2D eigenvalue weighted by molar-refractivity contribution is 5.74. The van der Waals surface area contributed by atoms with E-state index in [9.17, 15) is 9.90 Å². The van der Waals surface area contributed by atoms with Gasteiger partial charge in [-0.25, -0.2) is 9.97 Å². The Kier molecular flexibility index (Phi) is 3.97. The lowest BCUT2D eigenvalue weighted by molar-refractivity contribution is -0.149. The van der Waals surface area contributed by atoms with Crippen LogP contribution in [-0.2, 0) is 4.79 Å². The Hall–Kier alpha value is -1.65. The highest BCUT2D eigenvalue weighted by Crippen LogP contribution is 2.32. The standard InChI is InChI=1S/C15H23N3O2/c1-10(2)12-9-11(3)16-14(17-12)18-7-5-15(4,6-8-18)13(19)20/h9-10H,5-8H2,1-4H3,(H,19,20). The van der Waals surface area contributed by atoms with Gasteiger partial charge in [0.25, 0.3) is 0 Å². The van der Waals surface area contributed by atoms with Crippen molar-refractivity contribution in [1.82, 2.24) is 9.97 Å². The molecule has 1 aliphatic rings. The Bertz CT molecular complexity index is 506. The number of carboxylic acids is 1. The Morgan fingerprint density at radius 2 is 1.95 bits per heavy atom. The van der Waals surface area contributed by atoms with Gasteiger partial charge >= 0.3 is 5.97 Å². The van der Waals surface area contributed by atoms with Crippen molar-refractivity contribution in [3.8, 4) is 0 Å². The molecular weight excluding hydrogens is 254 g/mol. The second-order valence-electron chi connectivity index (χ2n) is 6.24. The van der Waals surface area contributed by atoms with Gasteiger partial charge in [0.1, 0.15) is 0 Å². The van der Waals surface area contributed by atoms with Crippen molar-refractivity contribution >= 4 is 11.9 Å². The fourth-order valence-electron chi connectivity index (χ4n) is 2.43. The van der Waals surface area contributed by atoms with E-state index in [-0.39, 0.29) is 0 Å². The summed E-state index contributed by atoms with van der Waals surface area (Å²) >= 11 is 0. The maximum absolute atomic E-state index is 11.3. The van der Waals surface area contributed by atoms with E-state index >= 15 is 0 Å². The molecule has 1 fully saturated rings. The number of aromatic nitrogens is 2. The van der Waals surface area contributed by atoms with Crippen molar-refractivity contribution < 1.29 is 9.90 Å². The molecule has 1 aromatic rings. The van der Waals surface area contributed by atoms with E-state index in [4.69, 9.17) is 0 Å². The first-order chi connectivity index (χ1) is 9.32. The zero-order valence-electron chi connectivity index (χ0n) is 12.7. The van der Waals surface area contributed by atoms with Gasteiger partial charge in [0.2, 0.25) is 5.95 Å². The van der Waals surface area contributed by atoms with Crippen molar-refractivity contribution in [2.45, 2.75) is 46.5 Å². The van der Waals surface area contributed by atoms with Gasteiger partial charge in [-0.15, -0.1) is 0 Å². The predicted octanol–water partition coefficient (Wildman–Crippen LogP) is 2.60. The predicted molar refractivity (Wildman–Crippen MR) is 78.0 cm³/mol. The molecule has 0 saturated carbocycles. The van der Waals surface area contributed by atoms with E-state index in [1.165, 1.54) is 0 Å². The molecule has 0 spiro atoms. The van der Waals surface area contributed by atoms with Crippen molar-refractivity contribution in [2.75, 3.05) is 18.0 Å². The molecule has 2 rings (SSSR count). The number of piperidine rings is 1. The summed E-state index contributed by atoms with van der Waals surface area (Å²) < 4.78 is 0. The second kappa shape index (κ2) is 5.38. The van der Waals surface area contributed by atoms with Crippen LogP contribution in [-0.4, -0.2) is 34.1 Å². The summed E-state index contributed by atoms with van der Waals surface area (Å²) in [5.74, 6) is 0.399. The molecule has 1 saturated heterocycles. The lowest BCUT2D eigenvalue weighted by Crippen LogP contribution is -2.43. The Morgan fingerprint density at radius 3 is 2.45 bits per heavy atom. The minimum atomic E-state index is -0.704. The second-order valence-corrected chi connectivity index (χ2v) is 6.24. The molecule has 1 aliphatic heterocycles. The minimum absolute atomic E-state index is 0.365. The molecule has 0 aliphatic carbocycles. The summed E-state index contributed by atoms with van der Waals surface area (Å²) in [6, 6.07) is 2.01. The van der Waals surface area contributed by atoms with Crippen LogP contribution in [0.1, 0.15) is 50.9 Å². The number of rotatable bonds is 3. The van der Waals surface area contributed by atoms with E-state index < -0.39 is 11.4 Å². The third-order valence-electron chi connectivity index (χ3n) is 4.12. The molecule has 5 nitrogen and oxygen atoms in total. The normalized spacial score (nSPS) is 18.4. The van der Waals surface area contributed by atoms with Gasteiger partial charge in [-0.3, -0.25) is 4.79 Å². The summed E-state index contributed by atoms with van der Waals surface area (Å²) in [6.07, 6.45) is 1.27. The van der Waals surface area contributed by atoms with Gasteiger partial charge in [-0.1, -0.05) is 13.8 Å². The SMILES string of the molecule is Cc1cc(C(C)C)nc(N2CCC(C)(C(=O)O)CC2)n1. The average Bonchev–Trinajstić information content (AvgIpc) is 2.38. The first-order valence-corrected chi connectivity index (χ1v) is 7.16. The summed E-state index contributed by atoms with van der Waals surface area (Å²) in [6.45, 7) is 9.42. The topological polar surface area (TPSA) is 66.3 Å². The molecule has 0 bridgehead atoms. The highest BCUT2D eigenvalue weighted by Gasteiger charge is 2.37. The maximum atomic E-state index is 11.3. The largest absolute Gasteiger partial charge is 0.481 e. The molecule has 110 valence electrons. The number of carboxylic acid groups (broad SMARTS) is 1. The molecule has 0 amide bonds. The summed E-state index contributed by atoms with van der Waals surface area (Å²) in [7, 11) is 0. The van der Waals surface area contributed by atoms with Crippen LogP contribution in [0, 0.1) is 12.3 Å². The third kappa shape index (κ3) is 2.92. The first-order valence-electron chi connectivity index (χ1n) is 7.16. The van der Waals surface area contributed by atoms with Gasteiger partial charge < -0.3 is 10.0 Å². The average molecular weight is 277 g/mol. The quantitative estimate of drug-likeness (QED) is 0.920. The van der Waals surface area contributed by atoms with Gasteiger partial charge in [0, 0.05) is 24.5 Å². The maximum Gasteiger partial charge on any atom is 0.309 e. The Labute approximate surface area is 120 Å². The van der Waals surface area contributed by atoms with Gasteiger partial charge in [-0.2, -0.15) is 0 Å². The Balaban J connectivity index is 2.17. The number of carbonyl (C=O) groups is 1. The zero-order chi connectivity index (χ0) is 14.9. The van der Waals surface area contributed by atoms with E-state index in [0.29, 0.717) is 31.8 Å². The number of hydrogen-bond acceptors (Lipinski definition) is 4. The lowest BCUT2D eigenvalue weighted by atomic mass is 9.80. The molecule has 5 heteroatoms. The lowest BCUT2D eigenvalue weighted by Gasteiger charge is -2.36. The molecule has 1 aromatic heterocycles. The van der Waals surface area contributed by atoms with Crippen LogP contribution in [0.25, 0.3) is 0 Å². The van der Waals surface area contributed by atoms with E-state index in [0.717, 1.165) is 17.3 Å². The van der Waals surface area contributed by atoms with Crippen molar-refractivity contribution in [1.29, 1.82) is 0 Å². The number of nitrogens with zero attached hydrogens (tertiary/aromatic N) is 3. The minimum Gasteiger partial charge on any atom is -0.481 e. The van der Waals surface area contributed by atoms with Gasteiger partial charge in [0.15, 0.2) is 0 Å². The summed E-state index contributed by atoms with van der Waals surface area (Å²) in [4.78, 5) is 22.5. The number of anilines is 1. The molecule has 2 heterocycles. The molecule has 0 unspecified atom stereocenters. The number of hydrogen-bond donors (Lipinski definition) is 1. The molecule has 20 heavy (non-hydrogen) atoms. The molecule has 0 radical (unpaired) electrons. The van der Waals surface area contributed by atoms with Crippen LogP contribution >= 0.6 is 0 Å². The zero-order valence-corrected chi connectivity index (χ0v) is 12.7. The van der Waals surface area contributed by atoms with Crippen LogP contribution in [0.5, 0.6) is 0 Å². The van der Waals surface area contributed by atoms with E-state index in [1.54, 1.807) is 0 Å². The molecular formula is C15H23N3O2. The fraction of sp³-hybridized carbons (Fsp3) is 0.667. The van der Waals surface area contributed by atoms with Gasteiger partial charge in [0.05, 0.1) is 5.41 Å². The molecule has 0 aromatic carbocycles. The summed E-state index contributed by atoms with van der Waals surface area (Å²) in [5, 5.41) is 9.27. The highest BCUT2D eigenvalue weighted by atomic mass is 16.4. The van der Waals surface area contributed by atoms with Crippen LogP contribution < -0.4 is 4.90 Å². The van der Waals surface area contributed by atoms with Crippen molar-refractivity contribution in [2.24, 2.45) is 5.41 Å². The fourth-order valence-corrected chi connectivity index (χ4v) is 2.43. The van der Waals surface area contributed by atoms with E-state index in [2.05, 4.69) is 28.7 Å².